The Hall–Kier alpha value is -2.77. The molecular weight excluding hydrogens is 336 g/mol. The quantitative estimate of drug-likeness (QED) is 0.808. The van der Waals surface area contributed by atoms with Gasteiger partial charge in [-0.05, 0) is 18.2 Å². The topological polar surface area (TPSA) is 82.2 Å². The molecule has 2 rings (SSSR count). The van der Waals surface area contributed by atoms with Crippen LogP contribution in [0.3, 0.4) is 0 Å². The van der Waals surface area contributed by atoms with E-state index in [4.69, 9.17) is 4.74 Å². The lowest BCUT2D eigenvalue weighted by Crippen LogP contribution is -2.45. The summed E-state index contributed by atoms with van der Waals surface area (Å²) in [5.41, 5.74) is 1.33. The minimum absolute atomic E-state index is 0.0266. The molecule has 8 heteroatoms. The monoisotopic (exact) mass is 362 g/mol. The summed E-state index contributed by atoms with van der Waals surface area (Å²) in [6.45, 7) is 0.334. The van der Waals surface area contributed by atoms with E-state index in [9.17, 15) is 14.4 Å². The van der Waals surface area contributed by atoms with Gasteiger partial charge in [-0.15, -0.1) is 0 Å². The highest BCUT2D eigenvalue weighted by Crippen LogP contribution is 2.34. The fourth-order valence-corrected chi connectivity index (χ4v) is 2.62. The number of rotatable bonds is 5. The van der Waals surface area contributed by atoms with Gasteiger partial charge in [0.25, 0.3) is 5.91 Å². The molecule has 1 unspecified atom stereocenters. The van der Waals surface area contributed by atoms with E-state index in [1.165, 1.54) is 9.80 Å². The summed E-state index contributed by atoms with van der Waals surface area (Å²) in [7, 11) is 8.55. The molecule has 142 valence electrons. The third kappa shape index (κ3) is 4.44. The van der Waals surface area contributed by atoms with Gasteiger partial charge in [-0.25, -0.2) is 0 Å². The van der Waals surface area contributed by atoms with Gasteiger partial charge in [0.1, 0.15) is 12.4 Å². The zero-order chi connectivity index (χ0) is 19.4. The van der Waals surface area contributed by atoms with Crippen molar-refractivity contribution < 1.29 is 19.1 Å². The van der Waals surface area contributed by atoms with Crippen LogP contribution >= 0.6 is 0 Å². The first-order valence-electron chi connectivity index (χ1n) is 8.39. The number of anilines is 1. The van der Waals surface area contributed by atoms with E-state index in [-0.39, 0.29) is 36.7 Å². The highest BCUT2D eigenvalue weighted by atomic mass is 16.5. The van der Waals surface area contributed by atoms with Crippen molar-refractivity contribution in [2.45, 2.75) is 12.5 Å². The molecule has 1 aromatic rings. The van der Waals surface area contributed by atoms with Crippen LogP contribution < -0.4 is 15.0 Å². The van der Waals surface area contributed by atoms with Gasteiger partial charge >= 0.3 is 0 Å². The molecule has 0 saturated carbocycles. The summed E-state index contributed by atoms with van der Waals surface area (Å²) >= 11 is 0. The molecule has 0 saturated heterocycles. The van der Waals surface area contributed by atoms with Gasteiger partial charge in [0.2, 0.25) is 11.8 Å². The molecule has 1 N–H and O–H groups in total. The van der Waals surface area contributed by atoms with Crippen molar-refractivity contribution in [1.29, 1.82) is 0 Å². The Bertz CT molecular complexity index is 702. The van der Waals surface area contributed by atoms with E-state index in [1.807, 2.05) is 11.9 Å². The highest BCUT2D eigenvalue weighted by Gasteiger charge is 2.28. The summed E-state index contributed by atoms with van der Waals surface area (Å²) in [5, 5.41) is 2.63. The summed E-state index contributed by atoms with van der Waals surface area (Å²) in [5.74, 6) is 0.207. The van der Waals surface area contributed by atoms with E-state index >= 15 is 0 Å². The summed E-state index contributed by atoms with van der Waals surface area (Å²) in [6, 6.07) is 5.10. The summed E-state index contributed by atoms with van der Waals surface area (Å²) in [4.78, 5) is 40.7. The molecule has 0 fully saturated rings. The molecule has 1 atom stereocenters. The first-order chi connectivity index (χ1) is 12.2. The maximum Gasteiger partial charge on any atom is 0.253 e. The molecule has 0 spiro atoms. The van der Waals surface area contributed by atoms with Gasteiger partial charge in [-0.1, -0.05) is 0 Å². The number of likely N-dealkylation sites (N-methyl/N-ethyl adjacent to an activating group) is 2. The lowest BCUT2D eigenvalue weighted by Gasteiger charge is -2.35. The fourth-order valence-electron chi connectivity index (χ4n) is 2.62. The Balaban J connectivity index is 2.05. The maximum atomic E-state index is 12.2. The van der Waals surface area contributed by atoms with Crippen LogP contribution in [0, 0.1) is 0 Å². The van der Waals surface area contributed by atoms with Crippen LogP contribution in [0.4, 0.5) is 5.69 Å². The van der Waals surface area contributed by atoms with E-state index in [2.05, 4.69) is 5.32 Å². The van der Waals surface area contributed by atoms with Gasteiger partial charge < -0.3 is 24.8 Å². The van der Waals surface area contributed by atoms with Gasteiger partial charge in [0.15, 0.2) is 0 Å². The number of fused-ring (bicyclic) bond motifs is 1. The first-order valence-corrected chi connectivity index (χ1v) is 8.39. The van der Waals surface area contributed by atoms with Gasteiger partial charge in [0.05, 0.1) is 24.7 Å². The molecule has 3 amide bonds. The number of benzene rings is 1. The van der Waals surface area contributed by atoms with Crippen molar-refractivity contribution in [2.75, 3.05) is 53.3 Å². The zero-order valence-electron chi connectivity index (χ0n) is 15.9. The molecule has 8 nitrogen and oxygen atoms in total. The second-order valence-electron chi connectivity index (χ2n) is 6.73. The molecule has 0 bridgehead atoms. The molecule has 0 aliphatic carbocycles. The normalized spacial score (nSPS) is 15.6. The lowest BCUT2D eigenvalue weighted by molar-refractivity contribution is -0.131. The third-order valence-electron chi connectivity index (χ3n) is 4.33. The largest absolute Gasteiger partial charge is 0.489 e. The van der Waals surface area contributed by atoms with Crippen molar-refractivity contribution in [2.24, 2.45) is 0 Å². The second-order valence-corrected chi connectivity index (χ2v) is 6.73. The summed E-state index contributed by atoms with van der Waals surface area (Å²) < 4.78 is 5.74. The molecule has 26 heavy (non-hydrogen) atoms. The number of hydrogen-bond acceptors (Lipinski definition) is 5. The van der Waals surface area contributed by atoms with Gasteiger partial charge in [0, 0.05) is 40.8 Å². The number of carbonyl (C=O) groups excluding carboxylic acids is 3. The molecular formula is C18H26N4O4. The molecule has 1 aromatic carbocycles. The average Bonchev–Trinajstić information content (AvgIpc) is 2.61. The molecule has 1 aliphatic heterocycles. The Morgan fingerprint density at radius 1 is 1.19 bits per heavy atom. The number of carbonyl (C=O) groups is 3. The van der Waals surface area contributed by atoms with Crippen molar-refractivity contribution in [3.8, 4) is 5.75 Å². The Labute approximate surface area is 153 Å². The van der Waals surface area contributed by atoms with Crippen molar-refractivity contribution in [3.63, 3.8) is 0 Å². The van der Waals surface area contributed by atoms with Crippen LogP contribution in [0.1, 0.15) is 16.8 Å². The maximum absolute atomic E-state index is 12.2. The van der Waals surface area contributed by atoms with Crippen molar-refractivity contribution >= 4 is 23.4 Å². The number of ether oxygens (including phenoxy) is 1. The number of hydrogen-bond donors (Lipinski definition) is 1. The third-order valence-corrected chi connectivity index (χ3v) is 4.33. The minimum Gasteiger partial charge on any atom is -0.489 e. The van der Waals surface area contributed by atoms with Crippen LogP contribution in [0.25, 0.3) is 0 Å². The molecule has 1 heterocycles. The predicted octanol–water partition coefficient (Wildman–Crippen LogP) is 0.180. The van der Waals surface area contributed by atoms with E-state index in [1.54, 1.807) is 46.4 Å². The average molecular weight is 362 g/mol. The second kappa shape index (κ2) is 8.07. The minimum atomic E-state index is -0.218. The molecule has 0 radical (unpaired) electrons. The van der Waals surface area contributed by atoms with E-state index in [0.29, 0.717) is 17.9 Å². The number of amides is 3. The fraction of sp³-hybridized carbons (Fsp3) is 0.500. The van der Waals surface area contributed by atoms with Gasteiger partial charge in [-0.3, -0.25) is 14.4 Å². The Morgan fingerprint density at radius 2 is 1.88 bits per heavy atom. The van der Waals surface area contributed by atoms with Crippen LogP contribution in [0.2, 0.25) is 0 Å². The Morgan fingerprint density at radius 3 is 2.50 bits per heavy atom. The summed E-state index contributed by atoms with van der Waals surface area (Å²) in [6.07, 6.45) is 0.197. The van der Waals surface area contributed by atoms with Crippen LogP contribution in [0.15, 0.2) is 18.2 Å². The smallest absolute Gasteiger partial charge is 0.253 e. The van der Waals surface area contributed by atoms with Crippen molar-refractivity contribution in [3.05, 3.63) is 23.8 Å². The standard InChI is InChI=1S/C18H26N4O4/c1-20(2)17(24)10-19-16(23)9-13-11-26-15-7-6-12(18(25)21(3)4)8-14(15)22(13)5/h6-8,13H,9-11H2,1-5H3,(H,19,23). The van der Waals surface area contributed by atoms with Crippen LogP contribution in [-0.4, -0.2) is 82.0 Å². The van der Waals surface area contributed by atoms with Gasteiger partial charge in [-0.2, -0.15) is 0 Å². The predicted molar refractivity (Wildman–Crippen MR) is 98.5 cm³/mol. The van der Waals surface area contributed by atoms with Crippen LogP contribution in [0.5, 0.6) is 5.75 Å². The highest BCUT2D eigenvalue weighted by molar-refractivity contribution is 5.95. The lowest BCUT2D eigenvalue weighted by atomic mass is 10.1. The van der Waals surface area contributed by atoms with Crippen molar-refractivity contribution in [1.82, 2.24) is 15.1 Å². The van der Waals surface area contributed by atoms with E-state index in [0.717, 1.165) is 5.69 Å². The zero-order valence-corrected chi connectivity index (χ0v) is 15.9. The molecule has 0 aromatic heterocycles. The number of nitrogens with one attached hydrogen (secondary N) is 1. The van der Waals surface area contributed by atoms with Crippen LogP contribution in [-0.2, 0) is 9.59 Å². The molecule has 1 aliphatic rings. The SMILES string of the molecule is CN(C)C(=O)CNC(=O)CC1COc2ccc(C(=O)N(C)C)cc2N1C. The Kier molecular flexibility index (Phi) is 6.07. The first kappa shape index (κ1) is 19.6. The number of nitrogens with zero attached hydrogens (tertiary/aromatic N) is 3. The van der Waals surface area contributed by atoms with E-state index < -0.39 is 0 Å².